The van der Waals surface area contributed by atoms with E-state index in [9.17, 15) is 22.4 Å². The summed E-state index contributed by atoms with van der Waals surface area (Å²) in [5.41, 5.74) is 3.68. The van der Waals surface area contributed by atoms with Crippen molar-refractivity contribution in [3.63, 3.8) is 0 Å². The van der Waals surface area contributed by atoms with Gasteiger partial charge in [-0.15, -0.1) is 0 Å². The second kappa shape index (κ2) is 6.61. The van der Waals surface area contributed by atoms with Gasteiger partial charge in [-0.2, -0.15) is 13.2 Å². The number of carbonyl (C=O) groups is 1. The van der Waals surface area contributed by atoms with Gasteiger partial charge in [0.05, 0.1) is 5.56 Å². The Morgan fingerprint density at radius 3 is 2.70 bits per heavy atom. The number of nitrogens with zero attached hydrogens (tertiary/aromatic N) is 1. The third-order valence-electron chi connectivity index (χ3n) is 3.52. The van der Waals surface area contributed by atoms with Crippen molar-refractivity contribution in [2.75, 3.05) is 25.5 Å². The van der Waals surface area contributed by atoms with Crippen LogP contribution in [0.5, 0.6) is 5.75 Å². The lowest BCUT2D eigenvalue weighted by Crippen LogP contribution is -2.45. The van der Waals surface area contributed by atoms with Gasteiger partial charge in [0.2, 0.25) is 0 Å². The molecule has 2 rings (SSSR count). The molecule has 5 nitrogen and oxygen atoms in total. The Morgan fingerprint density at radius 1 is 1.43 bits per heavy atom. The smallest absolute Gasteiger partial charge is 0.420 e. The number of nitrogens with two attached hydrogens (primary N) is 1. The van der Waals surface area contributed by atoms with Gasteiger partial charge in [-0.05, 0) is 31.7 Å². The summed E-state index contributed by atoms with van der Waals surface area (Å²) in [5, 5.41) is 2.07. The highest BCUT2D eigenvalue weighted by atomic mass is 19.4. The van der Waals surface area contributed by atoms with E-state index in [2.05, 4.69) is 5.32 Å². The van der Waals surface area contributed by atoms with Crippen molar-refractivity contribution >= 4 is 11.7 Å². The largest absolute Gasteiger partial charge is 0.487 e. The van der Waals surface area contributed by atoms with Crippen molar-refractivity contribution in [3.05, 3.63) is 23.8 Å². The molecule has 1 aromatic rings. The predicted octanol–water partition coefficient (Wildman–Crippen LogP) is 2.62. The molecule has 0 saturated carbocycles. The van der Waals surface area contributed by atoms with E-state index in [1.807, 2.05) is 0 Å². The van der Waals surface area contributed by atoms with E-state index in [1.165, 1.54) is 6.07 Å². The highest BCUT2D eigenvalue weighted by molar-refractivity contribution is 5.88. The van der Waals surface area contributed by atoms with Crippen LogP contribution in [0.25, 0.3) is 0 Å². The number of anilines is 1. The summed E-state index contributed by atoms with van der Waals surface area (Å²) in [7, 11) is 1.73. The Bertz CT molecular complexity index is 580. The number of hydrogen-bond donors (Lipinski definition) is 2. The van der Waals surface area contributed by atoms with Crippen molar-refractivity contribution in [1.82, 2.24) is 4.90 Å². The molecule has 2 unspecified atom stereocenters. The van der Waals surface area contributed by atoms with Gasteiger partial charge in [0.15, 0.2) is 0 Å². The van der Waals surface area contributed by atoms with E-state index in [1.54, 1.807) is 11.9 Å². The summed E-state index contributed by atoms with van der Waals surface area (Å²) in [6.07, 6.45) is -6.74. The normalized spacial score (nSPS) is 22.7. The number of piperidine rings is 1. The third-order valence-corrected chi connectivity index (χ3v) is 3.52. The van der Waals surface area contributed by atoms with E-state index in [-0.39, 0.29) is 18.7 Å². The number of halogens is 4. The van der Waals surface area contributed by atoms with Gasteiger partial charge in [-0.25, -0.2) is 9.18 Å². The highest BCUT2D eigenvalue weighted by Crippen LogP contribution is 2.39. The SMILES string of the molecule is CN1CCC(Oc2ccc(NC(N)=O)cc2C(F)(F)F)C(F)C1. The molecule has 128 valence electrons. The van der Waals surface area contributed by atoms with E-state index in [0.717, 1.165) is 6.07 Å². The molecule has 2 atom stereocenters. The fraction of sp³-hybridized carbons (Fsp3) is 0.500. The number of likely N-dealkylation sites (tertiary alicyclic amines) is 1. The predicted molar refractivity (Wildman–Crippen MR) is 76.1 cm³/mol. The van der Waals surface area contributed by atoms with Crippen molar-refractivity contribution in [1.29, 1.82) is 0 Å². The lowest BCUT2D eigenvalue weighted by atomic mass is 10.1. The molecule has 1 fully saturated rings. The van der Waals surface area contributed by atoms with Crippen molar-refractivity contribution in [3.8, 4) is 5.75 Å². The molecule has 0 aliphatic carbocycles. The van der Waals surface area contributed by atoms with Gasteiger partial charge >= 0.3 is 12.2 Å². The first-order chi connectivity index (χ1) is 10.7. The van der Waals surface area contributed by atoms with Crippen LogP contribution in [0.15, 0.2) is 18.2 Å². The lowest BCUT2D eigenvalue weighted by molar-refractivity contribution is -0.139. The summed E-state index contributed by atoms with van der Waals surface area (Å²) in [6.45, 7) is 0.640. The van der Waals surface area contributed by atoms with Crippen LogP contribution >= 0.6 is 0 Å². The lowest BCUT2D eigenvalue weighted by Gasteiger charge is -2.33. The number of nitrogens with one attached hydrogen (secondary N) is 1. The Hall–Kier alpha value is -2.03. The molecule has 9 heteroatoms. The molecule has 3 N–H and O–H groups in total. The zero-order valence-corrected chi connectivity index (χ0v) is 12.4. The molecule has 1 heterocycles. The third kappa shape index (κ3) is 4.47. The summed E-state index contributed by atoms with van der Waals surface area (Å²) in [4.78, 5) is 12.5. The first-order valence-corrected chi connectivity index (χ1v) is 6.94. The topological polar surface area (TPSA) is 67.6 Å². The molecule has 0 spiro atoms. The number of benzene rings is 1. The van der Waals surface area contributed by atoms with Gasteiger partial charge in [0.25, 0.3) is 0 Å². The van der Waals surface area contributed by atoms with Crippen molar-refractivity contribution < 1.29 is 27.1 Å². The summed E-state index contributed by atoms with van der Waals surface area (Å²) < 4.78 is 58.7. The minimum atomic E-state index is -4.71. The summed E-state index contributed by atoms with van der Waals surface area (Å²) in [6, 6.07) is 2.00. The van der Waals surface area contributed by atoms with E-state index < -0.39 is 35.8 Å². The Kier molecular flexibility index (Phi) is 4.98. The first kappa shape index (κ1) is 17.3. The van der Waals surface area contributed by atoms with Crippen LogP contribution in [0.2, 0.25) is 0 Å². The van der Waals surface area contributed by atoms with E-state index in [4.69, 9.17) is 10.5 Å². The van der Waals surface area contributed by atoms with E-state index >= 15 is 0 Å². The molecule has 1 saturated heterocycles. The van der Waals surface area contributed by atoms with Gasteiger partial charge in [0, 0.05) is 18.8 Å². The zero-order valence-electron chi connectivity index (χ0n) is 12.4. The Morgan fingerprint density at radius 2 is 2.13 bits per heavy atom. The molecule has 1 aliphatic heterocycles. The van der Waals surface area contributed by atoms with Gasteiger partial charge in [-0.3, -0.25) is 0 Å². The number of ether oxygens (including phenoxy) is 1. The number of urea groups is 1. The number of amides is 2. The fourth-order valence-electron chi connectivity index (χ4n) is 2.41. The van der Waals surface area contributed by atoms with Crippen LogP contribution in [0, 0.1) is 0 Å². The van der Waals surface area contributed by atoms with Gasteiger partial charge in [0.1, 0.15) is 18.0 Å². The minimum Gasteiger partial charge on any atom is -0.487 e. The maximum atomic E-state index is 13.9. The number of rotatable bonds is 3. The Labute approximate surface area is 130 Å². The van der Waals surface area contributed by atoms with Crippen molar-refractivity contribution in [2.45, 2.75) is 24.9 Å². The summed E-state index contributed by atoms with van der Waals surface area (Å²) >= 11 is 0. The van der Waals surface area contributed by atoms with Crippen LogP contribution in [0.3, 0.4) is 0 Å². The fourth-order valence-corrected chi connectivity index (χ4v) is 2.41. The quantitative estimate of drug-likeness (QED) is 0.835. The maximum absolute atomic E-state index is 13.9. The molecule has 0 bridgehead atoms. The second-order valence-corrected chi connectivity index (χ2v) is 5.42. The number of primary amides is 1. The average Bonchev–Trinajstić information content (AvgIpc) is 2.41. The minimum absolute atomic E-state index is 0.104. The van der Waals surface area contributed by atoms with E-state index in [0.29, 0.717) is 12.6 Å². The number of hydrogen-bond acceptors (Lipinski definition) is 3. The average molecular weight is 335 g/mol. The molecule has 1 aliphatic rings. The highest BCUT2D eigenvalue weighted by Gasteiger charge is 2.37. The van der Waals surface area contributed by atoms with Crippen LogP contribution < -0.4 is 15.8 Å². The van der Waals surface area contributed by atoms with Crippen LogP contribution in [0.4, 0.5) is 28.0 Å². The summed E-state index contributed by atoms with van der Waals surface area (Å²) in [5.74, 6) is -0.468. The molecule has 2 amide bonds. The van der Waals surface area contributed by atoms with Gasteiger partial charge < -0.3 is 20.7 Å². The molecule has 0 aromatic heterocycles. The maximum Gasteiger partial charge on any atom is 0.420 e. The molecule has 0 radical (unpaired) electrons. The monoisotopic (exact) mass is 335 g/mol. The Balaban J connectivity index is 2.25. The number of carbonyl (C=O) groups excluding carboxylic acids is 1. The zero-order chi connectivity index (χ0) is 17.2. The molecule has 1 aromatic carbocycles. The van der Waals surface area contributed by atoms with Crippen molar-refractivity contribution in [2.24, 2.45) is 5.73 Å². The standard InChI is InChI=1S/C14H17F4N3O2/c1-21-5-4-12(10(15)7-21)23-11-3-2-8(20-13(19)22)6-9(11)14(16,17)18/h2-3,6,10,12H,4-5,7H2,1H3,(H3,19,20,22). The molecular formula is C14H17F4N3O2. The molecular weight excluding hydrogens is 318 g/mol. The second-order valence-electron chi connectivity index (χ2n) is 5.42. The first-order valence-electron chi connectivity index (χ1n) is 6.94. The molecule has 23 heavy (non-hydrogen) atoms. The van der Waals surface area contributed by atoms with Gasteiger partial charge in [-0.1, -0.05) is 0 Å². The number of alkyl halides is 4. The van der Waals surface area contributed by atoms with Crippen LogP contribution in [-0.2, 0) is 6.18 Å². The van der Waals surface area contributed by atoms with Crippen LogP contribution in [-0.4, -0.2) is 43.3 Å². The van der Waals surface area contributed by atoms with Crippen LogP contribution in [0.1, 0.15) is 12.0 Å².